The molecule has 4 nitrogen and oxygen atoms in total. The highest BCUT2D eigenvalue weighted by Crippen LogP contribution is 2.65. The standard InChI is InChI=1S/C24H36N2O2/c1-6-22(2,3)26-21(28)18-9-8-16-15-7-10-19-24(5,14-12-20(27)25-19)17(15)11-13-23(16,18)4/h6,12,14-19H,1,7-11,13H2,2-5H3,(H,25,27)(H,26,28)/t15-,16-,17+,18?,19?,23-,24+/m0/s1. The maximum absolute atomic E-state index is 13.1. The highest BCUT2D eigenvalue weighted by molar-refractivity contribution is 5.89. The van der Waals surface area contributed by atoms with Crippen LogP contribution in [0.5, 0.6) is 0 Å². The molecule has 0 aromatic carbocycles. The summed E-state index contributed by atoms with van der Waals surface area (Å²) in [6.45, 7) is 12.6. The minimum absolute atomic E-state index is 0.0589. The number of rotatable bonds is 3. The second-order valence-corrected chi connectivity index (χ2v) is 10.8. The van der Waals surface area contributed by atoms with Crippen LogP contribution in [-0.2, 0) is 9.59 Å². The van der Waals surface area contributed by atoms with Gasteiger partial charge in [-0.1, -0.05) is 26.0 Å². The van der Waals surface area contributed by atoms with Crippen molar-refractivity contribution in [2.75, 3.05) is 0 Å². The predicted molar refractivity (Wildman–Crippen MR) is 111 cm³/mol. The van der Waals surface area contributed by atoms with Crippen LogP contribution in [0.25, 0.3) is 0 Å². The minimum atomic E-state index is -0.362. The maximum atomic E-state index is 13.1. The van der Waals surface area contributed by atoms with Gasteiger partial charge in [-0.25, -0.2) is 0 Å². The molecule has 0 radical (unpaired) electrons. The van der Waals surface area contributed by atoms with Crippen LogP contribution >= 0.6 is 0 Å². The van der Waals surface area contributed by atoms with E-state index in [0.717, 1.165) is 32.1 Å². The van der Waals surface area contributed by atoms with E-state index in [-0.39, 0.29) is 40.1 Å². The van der Waals surface area contributed by atoms with E-state index in [1.807, 2.05) is 19.9 Å². The zero-order valence-corrected chi connectivity index (χ0v) is 17.9. The number of fused-ring (bicyclic) bond motifs is 5. The molecule has 2 unspecified atom stereocenters. The highest BCUT2D eigenvalue weighted by Gasteiger charge is 2.61. The van der Waals surface area contributed by atoms with Crippen molar-refractivity contribution in [1.82, 2.24) is 10.6 Å². The SMILES string of the molecule is C=CC(C)(C)NC(=O)C1CC[C@H]2[C@@H]3CCC4NC(=O)C=C[C@]4(C)[C@@H]3CC[C@]12C. The van der Waals surface area contributed by atoms with Crippen molar-refractivity contribution in [2.24, 2.45) is 34.5 Å². The van der Waals surface area contributed by atoms with Crippen LogP contribution < -0.4 is 10.6 Å². The molecule has 154 valence electrons. The van der Waals surface area contributed by atoms with Crippen LogP contribution in [0.1, 0.15) is 66.2 Å². The number of nitrogens with one attached hydrogen (secondary N) is 2. The third-order valence-corrected chi connectivity index (χ3v) is 8.96. The van der Waals surface area contributed by atoms with E-state index in [4.69, 9.17) is 0 Å². The lowest BCUT2D eigenvalue weighted by Crippen LogP contribution is -2.59. The summed E-state index contributed by atoms with van der Waals surface area (Å²) in [5.41, 5.74) is -0.212. The lowest BCUT2D eigenvalue weighted by Gasteiger charge is -2.58. The van der Waals surface area contributed by atoms with Crippen LogP contribution in [0.4, 0.5) is 0 Å². The largest absolute Gasteiger partial charge is 0.349 e. The monoisotopic (exact) mass is 384 g/mol. The van der Waals surface area contributed by atoms with Crippen molar-refractivity contribution < 1.29 is 9.59 Å². The van der Waals surface area contributed by atoms with Gasteiger partial charge in [-0.05, 0) is 81.6 Å². The van der Waals surface area contributed by atoms with E-state index in [0.29, 0.717) is 17.8 Å². The molecule has 4 rings (SSSR count). The second-order valence-electron chi connectivity index (χ2n) is 10.8. The van der Waals surface area contributed by atoms with Crippen molar-refractivity contribution in [1.29, 1.82) is 0 Å². The molecule has 0 spiro atoms. The summed E-state index contributed by atoms with van der Waals surface area (Å²) in [6, 6.07) is 0.268. The smallest absolute Gasteiger partial charge is 0.243 e. The Labute approximate surface area is 169 Å². The van der Waals surface area contributed by atoms with Gasteiger partial charge in [-0.2, -0.15) is 0 Å². The van der Waals surface area contributed by atoms with Gasteiger partial charge in [0.2, 0.25) is 11.8 Å². The highest BCUT2D eigenvalue weighted by atomic mass is 16.2. The topological polar surface area (TPSA) is 58.2 Å². The third kappa shape index (κ3) is 2.86. The molecule has 0 aromatic rings. The number of hydrogen-bond donors (Lipinski definition) is 2. The molecule has 3 saturated carbocycles. The van der Waals surface area contributed by atoms with Crippen LogP contribution in [-0.4, -0.2) is 23.4 Å². The zero-order valence-electron chi connectivity index (χ0n) is 17.9. The quantitative estimate of drug-likeness (QED) is 0.723. The summed E-state index contributed by atoms with van der Waals surface area (Å²) >= 11 is 0. The normalized spacial score (nSPS) is 44.7. The molecular formula is C24H36N2O2. The molecule has 1 aliphatic heterocycles. The van der Waals surface area contributed by atoms with Crippen molar-refractivity contribution in [3.63, 3.8) is 0 Å². The molecular weight excluding hydrogens is 348 g/mol. The lowest BCUT2D eigenvalue weighted by atomic mass is 9.48. The van der Waals surface area contributed by atoms with Gasteiger partial charge in [0, 0.05) is 17.4 Å². The van der Waals surface area contributed by atoms with Gasteiger partial charge in [-0.15, -0.1) is 6.58 Å². The Bertz CT molecular complexity index is 726. The fraction of sp³-hybridized carbons (Fsp3) is 0.750. The fourth-order valence-electron chi connectivity index (χ4n) is 7.22. The van der Waals surface area contributed by atoms with Gasteiger partial charge < -0.3 is 10.6 Å². The van der Waals surface area contributed by atoms with Crippen LogP contribution in [0.3, 0.4) is 0 Å². The molecule has 28 heavy (non-hydrogen) atoms. The van der Waals surface area contributed by atoms with Crippen molar-refractivity contribution in [3.05, 3.63) is 24.8 Å². The number of amides is 2. The van der Waals surface area contributed by atoms with Crippen molar-refractivity contribution in [2.45, 2.75) is 77.8 Å². The molecule has 4 aliphatic rings. The summed E-state index contributed by atoms with van der Waals surface area (Å²) in [5.74, 6) is 2.24. The van der Waals surface area contributed by atoms with Crippen molar-refractivity contribution in [3.8, 4) is 0 Å². The van der Waals surface area contributed by atoms with Gasteiger partial charge in [0.05, 0.1) is 5.54 Å². The lowest BCUT2D eigenvalue weighted by molar-refractivity contribution is -0.135. The number of carbonyl (C=O) groups is 2. The van der Waals surface area contributed by atoms with Gasteiger partial charge >= 0.3 is 0 Å². The Balaban J connectivity index is 1.57. The maximum Gasteiger partial charge on any atom is 0.243 e. The average Bonchev–Trinajstić information content (AvgIpc) is 2.99. The number of carbonyl (C=O) groups excluding carboxylic acids is 2. The molecule has 3 aliphatic carbocycles. The van der Waals surface area contributed by atoms with Crippen molar-refractivity contribution >= 4 is 11.8 Å². The second kappa shape index (κ2) is 6.47. The van der Waals surface area contributed by atoms with E-state index in [1.54, 1.807) is 6.08 Å². The molecule has 4 heteroatoms. The van der Waals surface area contributed by atoms with E-state index >= 15 is 0 Å². The summed E-state index contributed by atoms with van der Waals surface area (Å²) < 4.78 is 0. The predicted octanol–water partition coefficient (Wildman–Crippen LogP) is 3.98. The summed E-state index contributed by atoms with van der Waals surface area (Å²) in [5, 5.41) is 6.44. The van der Waals surface area contributed by atoms with Gasteiger partial charge in [0.15, 0.2) is 0 Å². The van der Waals surface area contributed by atoms with E-state index < -0.39 is 0 Å². The summed E-state index contributed by atoms with van der Waals surface area (Å²) in [7, 11) is 0. The summed E-state index contributed by atoms with van der Waals surface area (Å²) in [4.78, 5) is 25.0. The first kappa shape index (κ1) is 19.7. The first-order chi connectivity index (χ1) is 13.1. The minimum Gasteiger partial charge on any atom is -0.349 e. The first-order valence-corrected chi connectivity index (χ1v) is 11.1. The molecule has 1 heterocycles. The Morgan fingerprint density at radius 3 is 2.68 bits per heavy atom. The van der Waals surface area contributed by atoms with Crippen LogP contribution in [0.15, 0.2) is 24.8 Å². The van der Waals surface area contributed by atoms with Gasteiger partial charge in [0.1, 0.15) is 0 Å². The Morgan fingerprint density at radius 2 is 1.96 bits per heavy atom. The molecule has 2 amide bonds. The third-order valence-electron chi connectivity index (χ3n) is 8.96. The molecule has 3 fully saturated rings. The first-order valence-electron chi connectivity index (χ1n) is 11.1. The Kier molecular flexibility index (Phi) is 4.55. The Morgan fingerprint density at radius 1 is 1.21 bits per heavy atom. The van der Waals surface area contributed by atoms with E-state index in [1.165, 1.54) is 6.42 Å². The number of hydrogen-bond acceptors (Lipinski definition) is 2. The van der Waals surface area contributed by atoms with E-state index in [2.05, 4.69) is 37.1 Å². The van der Waals surface area contributed by atoms with E-state index in [9.17, 15) is 9.59 Å². The van der Waals surface area contributed by atoms with Crippen LogP contribution in [0, 0.1) is 34.5 Å². The molecule has 2 N–H and O–H groups in total. The molecule has 7 atom stereocenters. The average molecular weight is 385 g/mol. The molecule has 0 bridgehead atoms. The van der Waals surface area contributed by atoms with Gasteiger partial charge in [-0.3, -0.25) is 9.59 Å². The fourth-order valence-corrected chi connectivity index (χ4v) is 7.22. The van der Waals surface area contributed by atoms with Gasteiger partial charge in [0.25, 0.3) is 0 Å². The zero-order chi connectivity index (χ0) is 20.3. The Hall–Kier alpha value is -1.58. The summed E-state index contributed by atoms with van der Waals surface area (Å²) in [6.07, 6.45) is 12.4. The van der Waals surface area contributed by atoms with Crippen LogP contribution in [0.2, 0.25) is 0 Å². The molecule has 0 aromatic heterocycles. The molecule has 0 saturated heterocycles.